The Hall–Kier alpha value is -5.19. The van der Waals surface area contributed by atoms with Crippen molar-refractivity contribution in [3.63, 3.8) is 0 Å². The summed E-state index contributed by atoms with van der Waals surface area (Å²) in [6, 6.07) is 17.5. The second kappa shape index (κ2) is 8.06. The van der Waals surface area contributed by atoms with E-state index >= 15 is 0 Å². The number of phenols is 1. The van der Waals surface area contributed by atoms with Crippen LogP contribution < -0.4 is 10.9 Å². The Morgan fingerprint density at radius 2 is 1.71 bits per heavy atom. The van der Waals surface area contributed by atoms with E-state index in [0.717, 1.165) is 10.8 Å². The molecule has 3 aromatic carbocycles. The molecule has 0 aliphatic carbocycles. The summed E-state index contributed by atoms with van der Waals surface area (Å²) < 4.78 is 5.14. The molecule has 0 spiro atoms. The number of carbonyl (C=O) groups excluding carboxylic acids is 2. The smallest absolute Gasteiger partial charge is 0.433 e. The van der Waals surface area contributed by atoms with Gasteiger partial charge in [0.1, 0.15) is 10.7 Å². The molecular weight excluding hydrogens is 442 g/mol. The molecule has 2 heterocycles. The minimum Gasteiger partial charge on any atom is -0.507 e. The zero-order valence-corrected chi connectivity index (χ0v) is 17.2. The van der Waals surface area contributed by atoms with Crippen molar-refractivity contribution in [2.75, 3.05) is 0 Å². The number of H-pyrrole nitrogens is 1. The summed E-state index contributed by atoms with van der Waals surface area (Å²) in [6.45, 7) is 0. The van der Waals surface area contributed by atoms with Crippen molar-refractivity contribution < 1.29 is 24.0 Å². The summed E-state index contributed by atoms with van der Waals surface area (Å²) >= 11 is 0. The summed E-state index contributed by atoms with van der Waals surface area (Å²) in [5.41, 5.74) is 5.84. The average Bonchev–Trinajstić information content (AvgIpc) is 3.48. The number of hydrogen-bond donors (Lipinski definition) is 4. The van der Waals surface area contributed by atoms with E-state index in [1.807, 2.05) is 18.2 Å². The Balaban J connectivity index is 1.32. The SMILES string of the molecule is O=C(NNC(=O)c1cc2ccccc2cc1O)c1ccc2nc(-c3ccc([N+](=O)[O-])o3)[nH]c2c1. The summed E-state index contributed by atoms with van der Waals surface area (Å²) in [5.74, 6) is -1.46. The van der Waals surface area contributed by atoms with Crippen LogP contribution in [-0.4, -0.2) is 31.8 Å². The lowest BCUT2D eigenvalue weighted by Gasteiger charge is -2.10. The number of furan rings is 1. The first kappa shape index (κ1) is 20.7. The number of aromatic amines is 1. The minimum absolute atomic E-state index is 0.0141. The molecule has 2 aromatic heterocycles. The molecule has 0 saturated heterocycles. The fraction of sp³-hybridized carbons (Fsp3) is 0. The number of benzene rings is 3. The third-order valence-corrected chi connectivity index (χ3v) is 5.15. The topological polar surface area (TPSA) is 163 Å². The second-order valence-corrected chi connectivity index (χ2v) is 7.34. The molecule has 4 N–H and O–H groups in total. The fourth-order valence-electron chi connectivity index (χ4n) is 3.48. The summed E-state index contributed by atoms with van der Waals surface area (Å²) in [6.07, 6.45) is 0. The number of amides is 2. The Morgan fingerprint density at radius 1 is 0.971 bits per heavy atom. The van der Waals surface area contributed by atoms with Crippen LogP contribution in [0.4, 0.5) is 5.88 Å². The van der Waals surface area contributed by atoms with E-state index in [-0.39, 0.29) is 28.5 Å². The van der Waals surface area contributed by atoms with Gasteiger partial charge in [0.15, 0.2) is 11.6 Å². The Kier molecular flexibility index (Phi) is 4.90. The largest absolute Gasteiger partial charge is 0.507 e. The Labute approximate surface area is 190 Å². The number of aromatic hydroxyl groups is 1. The number of carbonyl (C=O) groups is 2. The van der Waals surface area contributed by atoms with Crippen LogP contribution in [0, 0.1) is 10.1 Å². The molecule has 11 nitrogen and oxygen atoms in total. The van der Waals surface area contributed by atoms with Crippen molar-refractivity contribution >= 4 is 39.5 Å². The predicted molar refractivity (Wildman–Crippen MR) is 121 cm³/mol. The molecule has 2 amide bonds. The molecule has 5 aromatic rings. The van der Waals surface area contributed by atoms with Gasteiger partial charge in [-0.15, -0.1) is 0 Å². The number of fused-ring (bicyclic) bond motifs is 2. The molecule has 0 bridgehead atoms. The molecular formula is C23H15N5O6. The first-order valence-electron chi connectivity index (χ1n) is 9.96. The van der Waals surface area contributed by atoms with Crippen LogP contribution in [0.15, 0.2) is 71.1 Å². The number of nitro groups is 1. The first-order valence-corrected chi connectivity index (χ1v) is 9.96. The van der Waals surface area contributed by atoms with Crippen molar-refractivity contribution in [1.82, 2.24) is 20.8 Å². The van der Waals surface area contributed by atoms with Gasteiger partial charge in [0.05, 0.1) is 22.7 Å². The highest BCUT2D eigenvalue weighted by atomic mass is 16.6. The van der Waals surface area contributed by atoms with Crippen molar-refractivity contribution in [3.8, 4) is 17.3 Å². The van der Waals surface area contributed by atoms with Crippen LogP contribution in [0.3, 0.4) is 0 Å². The predicted octanol–water partition coefficient (Wildman–Crippen LogP) is 3.66. The van der Waals surface area contributed by atoms with Crippen molar-refractivity contribution in [3.05, 3.63) is 88.0 Å². The average molecular weight is 457 g/mol. The van der Waals surface area contributed by atoms with E-state index in [4.69, 9.17) is 4.42 Å². The fourth-order valence-corrected chi connectivity index (χ4v) is 3.48. The van der Waals surface area contributed by atoms with Crippen LogP contribution in [0.1, 0.15) is 20.7 Å². The molecule has 0 atom stereocenters. The zero-order chi connectivity index (χ0) is 23.8. The number of nitrogens with zero attached hydrogens (tertiary/aromatic N) is 2. The Morgan fingerprint density at radius 3 is 2.44 bits per heavy atom. The van der Waals surface area contributed by atoms with E-state index < -0.39 is 22.6 Å². The van der Waals surface area contributed by atoms with Gasteiger partial charge in [-0.2, -0.15) is 0 Å². The molecule has 34 heavy (non-hydrogen) atoms. The number of hydrazine groups is 1. The van der Waals surface area contributed by atoms with E-state index in [9.17, 15) is 24.8 Å². The van der Waals surface area contributed by atoms with Gasteiger partial charge in [0.25, 0.3) is 11.8 Å². The molecule has 0 aliphatic heterocycles. The van der Waals surface area contributed by atoms with Gasteiger partial charge in [-0.3, -0.25) is 30.6 Å². The molecule has 0 unspecified atom stereocenters. The van der Waals surface area contributed by atoms with E-state index in [0.29, 0.717) is 11.0 Å². The molecule has 11 heteroatoms. The lowest BCUT2D eigenvalue weighted by atomic mass is 10.1. The van der Waals surface area contributed by atoms with Crippen LogP contribution >= 0.6 is 0 Å². The van der Waals surface area contributed by atoms with Gasteiger partial charge in [-0.1, -0.05) is 24.3 Å². The highest BCUT2D eigenvalue weighted by Crippen LogP contribution is 2.27. The minimum atomic E-state index is -0.680. The quantitative estimate of drug-likeness (QED) is 0.236. The van der Waals surface area contributed by atoms with E-state index in [1.165, 1.54) is 36.4 Å². The van der Waals surface area contributed by atoms with Crippen molar-refractivity contribution in [2.24, 2.45) is 0 Å². The third kappa shape index (κ3) is 3.77. The lowest BCUT2D eigenvalue weighted by Crippen LogP contribution is -2.41. The van der Waals surface area contributed by atoms with Crippen molar-refractivity contribution in [1.29, 1.82) is 0 Å². The second-order valence-electron chi connectivity index (χ2n) is 7.34. The number of aromatic nitrogens is 2. The normalized spacial score (nSPS) is 10.9. The van der Waals surface area contributed by atoms with Crippen LogP contribution in [0.25, 0.3) is 33.4 Å². The molecule has 5 rings (SSSR count). The zero-order valence-electron chi connectivity index (χ0n) is 17.2. The Bertz CT molecular complexity index is 1600. The molecule has 0 fully saturated rings. The van der Waals surface area contributed by atoms with Crippen LogP contribution in [0.5, 0.6) is 5.75 Å². The van der Waals surface area contributed by atoms with Crippen LogP contribution in [0.2, 0.25) is 0 Å². The number of rotatable bonds is 4. The molecule has 0 saturated carbocycles. The highest BCUT2D eigenvalue weighted by Gasteiger charge is 2.17. The van der Waals surface area contributed by atoms with Gasteiger partial charge in [-0.25, -0.2) is 4.98 Å². The van der Waals surface area contributed by atoms with Gasteiger partial charge in [0.2, 0.25) is 0 Å². The van der Waals surface area contributed by atoms with E-state index in [1.54, 1.807) is 12.1 Å². The number of phenolic OH excluding ortho intramolecular Hbond substituents is 1. The van der Waals surface area contributed by atoms with E-state index in [2.05, 4.69) is 20.8 Å². The van der Waals surface area contributed by atoms with Crippen LogP contribution in [-0.2, 0) is 0 Å². The standard InChI is InChI=1S/C23H15N5O6/c29-18-11-13-4-2-1-3-12(13)9-15(18)23(31)27-26-22(30)14-5-6-16-17(10-14)25-21(24-16)19-7-8-20(34-19)28(32)33/h1-11,29H,(H,24,25)(H,26,30)(H,27,31). The third-order valence-electron chi connectivity index (χ3n) is 5.15. The summed E-state index contributed by atoms with van der Waals surface area (Å²) in [4.78, 5) is 42.5. The number of hydrogen-bond acceptors (Lipinski definition) is 7. The van der Waals surface area contributed by atoms with Gasteiger partial charge in [0, 0.05) is 5.56 Å². The number of nitrogens with one attached hydrogen (secondary N) is 3. The maximum absolute atomic E-state index is 12.6. The summed E-state index contributed by atoms with van der Waals surface area (Å²) in [7, 11) is 0. The first-order chi connectivity index (χ1) is 16.4. The van der Waals surface area contributed by atoms with Gasteiger partial charge in [-0.05, 0) is 47.2 Å². The summed E-state index contributed by atoms with van der Waals surface area (Å²) in [5, 5.41) is 22.5. The molecule has 0 radical (unpaired) electrons. The van der Waals surface area contributed by atoms with Gasteiger partial charge < -0.3 is 14.5 Å². The highest BCUT2D eigenvalue weighted by molar-refractivity contribution is 6.04. The number of imidazole rings is 1. The lowest BCUT2D eigenvalue weighted by molar-refractivity contribution is -0.401. The molecule has 168 valence electrons. The van der Waals surface area contributed by atoms with Gasteiger partial charge >= 0.3 is 5.88 Å². The maximum atomic E-state index is 12.6. The maximum Gasteiger partial charge on any atom is 0.433 e. The van der Waals surface area contributed by atoms with Crippen molar-refractivity contribution in [2.45, 2.75) is 0 Å². The monoisotopic (exact) mass is 457 g/mol. The molecule has 0 aliphatic rings.